The number of aromatic nitrogens is 3. The summed E-state index contributed by atoms with van der Waals surface area (Å²) in [6.07, 6.45) is 0. The van der Waals surface area contributed by atoms with Gasteiger partial charge in [0.25, 0.3) is 5.69 Å². The van der Waals surface area contributed by atoms with Crippen LogP contribution in [0.5, 0.6) is 0 Å². The summed E-state index contributed by atoms with van der Waals surface area (Å²) in [5.74, 6) is 1.28. The molecule has 0 saturated carbocycles. The van der Waals surface area contributed by atoms with Gasteiger partial charge < -0.3 is 5.32 Å². The van der Waals surface area contributed by atoms with Gasteiger partial charge in [-0.05, 0) is 24.3 Å². The van der Waals surface area contributed by atoms with Gasteiger partial charge in [0.15, 0.2) is 5.82 Å². The molecule has 1 aliphatic rings. The Kier molecular flexibility index (Phi) is 3.65. The number of rotatable bonds is 2. The van der Waals surface area contributed by atoms with Crippen molar-refractivity contribution >= 4 is 23.0 Å². The molecular formula is C17H14ClN5O2. The van der Waals surface area contributed by atoms with Crippen LogP contribution in [0.1, 0.15) is 18.7 Å². The molecule has 1 atom stereocenters. The summed E-state index contributed by atoms with van der Waals surface area (Å²) in [5.41, 5.74) is 2.10. The molecule has 8 heteroatoms. The van der Waals surface area contributed by atoms with Gasteiger partial charge in [-0.2, -0.15) is 0 Å². The van der Waals surface area contributed by atoms with Crippen LogP contribution in [0.25, 0.3) is 17.1 Å². The zero-order valence-electron chi connectivity index (χ0n) is 13.3. The van der Waals surface area contributed by atoms with Gasteiger partial charge in [-0.15, -0.1) is 10.2 Å². The molecule has 0 amide bonds. The Morgan fingerprint density at radius 1 is 1.28 bits per heavy atom. The Bertz CT molecular complexity index is 985. The van der Waals surface area contributed by atoms with Crippen molar-refractivity contribution in [2.75, 3.05) is 11.9 Å². The molecule has 1 aromatic heterocycles. The normalized spacial score (nSPS) is 15.7. The summed E-state index contributed by atoms with van der Waals surface area (Å²) in [4.78, 5) is 11.0. The topological polar surface area (TPSA) is 85.9 Å². The lowest BCUT2D eigenvalue weighted by molar-refractivity contribution is -0.384. The average Bonchev–Trinajstić information content (AvgIpc) is 2.99. The summed E-state index contributed by atoms with van der Waals surface area (Å²) in [5, 5.41) is 24.0. The lowest BCUT2D eigenvalue weighted by Crippen LogP contribution is -2.09. The van der Waals surface area contributed by atoms with Gasteiger partial charge in [0.1, 0.15) is 5.82 Å². The maximum atomic E-state index is 11.4. The van der Waals surface area contributed by atoms with E-state index in [9.17, 15) is 10.1 Å². The van der Waals surface area contributed by atoms with Crippen LogP contribution in [-0.4, -0.2) is 26.2 Å². The van der Waals surface area contributed by atoms with E-state index >= 15 is 0 Å². The van der Waals surface area contributed by atoms with E-state index in [4.69, 9.17) is 11.6 Å². The highest BCUT2D eigenvalue weighted by Gasteiger charge is 2.28. The summed E-state index contributed by atoms with van der Waals surface area (Å²) in [6.45, 7) is 2.70. The second-order valence-corrected chi connectivity index (χ2v) is 6.37. The van der Waals surface area contributed by atoms with Crippen molar-refractivity contribution in [3.8, 4) is 17.1 Å². The molecular weight excluding hydrogens is 342 g/mol. The number of nitrogens with zero attached hydrogens (tertiary/aromatic N) is 4. The SMILES string of the molecule is CC1CNc2cc(Cl)ccc2-n2c(-c3ccccc3[N+](=O)[O-])nnc21. The molecule has 2 heterocycles. The zero-order valence-corrected chi connectivity index (χ0v) is 14.1. The molecule has 1 unspecified atom stereocenters. The Balaban J connectivity index is 2.02. The first-order valence-corrected chi connectivity index (χ1v) is 8.17. The number of halogens is 1. The molecule has 3 aromatic rings. The minimum atomic E-state index is -0.405. The largest absolute Gasteiger partial charge is 0.383 e. The second kappa shape index (κ2) is 5.86. The van der Waals surface area contributed by atoms with E-state index < -0.39 is 4.92 Å². The maximum absolute atomic E-state index is 11.4. The van der Waals surface area contributed by atoms with Gasteiger partial charge in [-0.3, -0.25) is 14.7 Å². The highest BCUT2D eigenvalue weighted by Crippen LogP contribution is 2.37. The van der Waals surface area contributed by atoms with Crippen molar-refractivity contribution in [1.82, 2.24) is 14.8 Å². The predicted molar refractivity (Wildman–Crippen MR) is 95.4 cm³/mol. The van der Waals surface area contributed by atoms with Gasteiger partial charge in [-0.25, -0.2) is 0 Å². The minimum absolute atomic E-state index is 0.00178. The summed E-state index contributed by atoms with van der Waals surface area (Å²) in [6, 6.07) is 12.0. The Hall–Kier alpha value is -2.93. The number of nitrogens with one attached hydrogen (secondary N) is 1. The van der Waals surface area contributed by atoms with Crippen LogP contribution in [-0.2, 0) is 0 Å². The molecule has 1 N–H and O–H groups in total. The van der Waals surface area contributed by atoms with Crippen molar-refractivity contribution in [2.24, 2.45) is 0 Å². The smallest absolute Gasteiger partial charge is 0.280 e. The molecule has 1 aliphatic heterocycles. The first kappa shape index (κ1) is 15.6. The van der Waals surface area contributed by atoms with E-state index in [-0.39, 0.29) is 11.6 Å². The number of anilines is 1. The lowest BCUT2D eigenvalue weighted by Gasteiger charge is -2.12. The van der Waals surface area contributed by atoms with Crippen molar-refractivity contribution in [2.45, 2.75) is 12.8 Å². The molecule has 4 rings (SSSR count). The van der Waals surface area contributed by atoms with Gasteiger partial charge >= 0.3 is 0 Å². The molecule has 0 fully saturated rings. The number of hydrogen-bond acceptors (Lipinski definition) is 5. The van der Waals surface area contributed by atoms with Crippen LogP contribution in [0.3, 0.4) is 0 Å². The minimum Gasteiger partial charge on any atom is -0.383 e. The van der Waals surface area contributed by atoms with Crippen LogP contribution < -0.4 is 5.32 Å². The fourth-order valence-corrected chi connectivity index (χ4v) is 3.22. The van der Waals surface area contributed by atoms with Crippen molar-refractivity contribution in [3.63, 3.8) is 0 Å². The third-order valence-electron chi connectivity index (χ3n) is 4.27. The molecule has 0 radical (unpaired) electrons. The standard InChI is InChI=1S/C17H14ClN5O2/c1-10-9-19-13-8-11(18)6-7-15(13)22-16(10)20-21-17(22)12-4-2-3-5-14(12)23(24)25/h2-8,10,19H,9H2,1H3. The van der Waals surface area contributed by atoms with E-state index in [1.807, 2.05) is 23.6 Å². The molecule has 7 nitrogen and oxygen atoms in total. The molecule has 126 valence electrons. The summed E-state index contributed by atoms with van der Waals surface area (Å²) in [7, 11) is 0. The zero-order chi connectivity index (χ0) is 17.6. The third-order valence-corrected chi connectivity index (χ3v) is 4.50. The van der Waals surface area contributed by atoms with Crippen LogP contribution in [0.4, 0.5) is 11.4 Å². The van der Waals surface area contributed by atoms with E-state index in [0.717, 1.165) is 17.2 Å². The van der Waals surface area contributed by atoms with Crippen molar-refractivity contribution in [3.05, 3.63) is 63.4 Å². The number of benzene rings is 2. The van der Waals surface area contributed by atoms with Crippen molar-refractivity contribution in [1.29, 1.82) is 0 Å². The highest BCUT2D eigenvalue weighted by atomic mass is 35.5. The quantitative estimate of drug-likeness (QED) is 0.554. The van der Waals surface area contributed by atoms with Crippen molar-refractivity contribution < 1.29 is 4.92 Å². The number of nitro groups is 1. The average molecular weight is 356 g/mol. The number of nitro benzene ring substituents is 1. The Labute approximate surface area is 148 Å². The third kappa shape index (κ3) is 2.53. The van der Waals surface area contributed by atoms with Crippen LogP contribution >= 0.6 is 11.6 Å². The Morgan fingerprint density at radius 3 is 2.88 bits per heavy atom. The maximum Gasteiger partial charge on any atom is 0.280 e. The van der Waals surface area contributed by atoms with Gasteiger partial charge in [0, 0.05) is 23.6 Å². The first-order chi connectivity index (χ1) is 12.1. The van der Waals surface area contributed by atoms with Gasteiger partial charge in [0.05, 0.1) is 21.9 Å². The lowest BCUT2D eigenvalue weighted by atomic mass is 10.1. The molecule has 2 aromatic carbocycles. The van der Waals surface area contributed by atoms with Crippen LogP contribution in [0.15, 0.2) is 42.5 Å². The molecule has 0 aliphatic carbocycles. The number of fused-ring (bicyclic) bond motifs is 3. The van der Waals surface area contributed by atoms with Gasteiger partial charge in [-0.1, -0.05) is 30.7 Å². The second-order valence-electron chi connectivity index (χ2n) is 5.93. The summed E-state index contributed by atoms with van der Waals surface area (Å²) >= 11 is 6.12. The Morgan fingerprint density at radius 2 is 2.08 bits per heavy atom. The fraction of sp³-hybridized carbons (Fsp3) is 0.176. The molecule has 25 heavy (non-hydrogen) atoms. The molecule has 0 bridgehead atoms. The number of hydrogen-bond donors (Lipinski definition) is 1. The molecule has 0 saturated heterocycles. The van der Waals surface area contributed by atoms with E-state index in [1.165, 1.54) is 6.07 Å². The molecule has 0 spiro atoms. The summed E-state index contributed by atoms with van der Waals surface area (Å²) < 4.78 is 1.87. The van der Waals surface area contributed by atoms with Crippen LogP contribution in [0, 0.1) is 10.1 Å². The van der Waals surface area contributed by atoms with E-state index in [2.05, 4.69) is 15.5 Å². The van der Waals surface area contributed by atoms with E-state index in [1.54, 1.807) is 24.3 Å². The first-order valence-electron chi connectivity index (χ1n) is 7.79. The number of para-hydroxylation sites is 1. The highest BCUT2D eigenvalue weighted by molar-refractivity contribution is 6.31. The predicted octanol–water partition coefficient (Wildman–Crippen LogP) is 4.02. The van der Waals surface area contributed by atoms with Crippen LogP contribution in [0.2, 0.25) is 5.02 Å². The fourth-order valence-electron chi connectivity index (χ4n) is 3.05. The van der Waals surface area contributed by atoms with E-state index in [0.29, 0.717) is 23.0 Å². The monoisotopic (exact) mass is 355 g/mol. The van der Waals surface area contributed by atoms with Gasteiger partial charge in [0.2, 0.25) is 0 Å².